The maximum Gasteiger partial charge on any atom is 0.164 e. The van der Waals surface area contributed by atoms with Gasteiger partial charge < -0.3 is 9.13 Å². The van der Waals surface area contributed by atoms with Crippen LogP contribution in [0, 0.1) is 55.4 Å². The molecular formula is C104H78N8. The molecule has 0 saturated heterocycles. The van der Waals surface area contributed by atoms with Gasteiger partial charge in [0.2, 0.25) is 0 Å². The topological polar surface area (TPSA) is 87.2 Å². The Morgan fingerprint density at radius 2 is 0.402 bits per heavy atom. The molecule has 534 valence electrons. The van der Waals surface area contributed by atoms with Crippen LogP contribution in [0.3, 0.4) is 0 Å². The second-order valence-electron chi connectivity index (χ2n) is 30.2. The van der Waals surface area contributed by atoms with Crippen molar-refractivity contribution < 1.29 is 0 Å². The van der Waals surface area contributed by atoms with E-state index in [-0.39, 0.29) is 0 Å². The molecule has 8 heteroatoms. The van der Waals surface area contributed by atoms with Crippen molar-refractivity contribution in [1.82, 2.24) is 39.0 Å². The van der Waals surface area contributed by atoms with Crippen LogP contribution in [0.25, 0.3) is 190 Å². The summed E-state index contributed by atoms with van der Waals surface area (Å²) in [6, 6.07) is 119. The van der Waals surface area contributed by atoms with Gasteiger partial charge in [0.05, 0.1) is 22.1 Å². The Hall–Kier alpha value is -14.1. The summed E-state index contributed by atoms with van der Waals surface area (Å²) in [5.41, 5.74) is 34.5. The number of nitrogens with zero attached hydrogens (tertiary/aromatic N) is 8. The number of fused-ring (bicyclic) bond motifs is 6. The molecule has 0 fully saturated rings. The fraction of sp³-hybridized carbons (Fsp3) is 0.0769. The van der Waals surface area contributed by atoms with Gasteiger partial charge in [0.1, 0.15) is 0 Å². The van der Waals surface area contributed by atoms with Crippen LogP contribution in [-0.2, 0) is 0 Å². The lowest BCUT2D eigenvalue weighted by Gasteiger charge is -2.18. The molecule has 19 rings (SSSR count). The van der Waals surface area contributed by atoms with Gasteiger partial charge in [-0.2, -0.15) is 0 Å². The van der Waals surface area contributed by atoms with E-state index in [0.717, 1.165) is 133 Å². The molecule has 0 spiro atoms. The van der Waals surface area contributed by atoms with Gasteiger partial charge in [0.25, 0.3) is 0 Å². The smallest absolute Gasteiger partial charge is 0.164 e. The summed E-state index contributed by atoms with van der Waals surface area (Å²) in [4.78, 5) is 32.6. The van der Waals surface area contributed by atoms with Crippen molar-refractivity contribution >= 4 is 43.6 Å². The quantitative estimate of drug-likeness (QED) is 0.108. The average molecular weight is 1440 g/mol. The number of rotatable bonds is 14. The van der Waals surface area contributed by atoms with E-state index in [1.807, 2.05) is 72.8 Å². The summed E-state index contributed by atoms with van der Waals surface area (Å²) < 4.78 is 4.84. The Bertz CT molecular complexity index is 6120. The molecule has 0 aliphatic heterocycles. The highest BCUT2D eigenvalue weighted by Gasteiger charge is 2.25. The standard InChI is InChI=1S/C104H78N8/c1-63-44-64(2)49-81(48-63)75-32-40-95-89(57-75)90-58-76(82-50-65(3)45-66(4)51-82)33-41-96(90)111(95)85-36-38-87(93(61-85)103-107-99(71-22-13-9-14-23-71)105-100(108-103)72-24-15-10-16-25-72)79-30-21-31-80(56-79)88-39-37-86(62-94(88)104-109-101(73-26-17-11-18-27-73)106-102(110-104)74-28-19-12-20-29-74)112-97-42-34-77(83-52-67(5)46-68(6)53-83)59-91(97)92-60-78(35-43-98(92)112)84-54-69(7)47-70(8)55-84/h9-62H,1-8H3. The van der Waals surface area contributed by atoms with Gasteiger partial charge in [-0.15, -0.1) is 0 Å². The monoisotopic (exact) mass is 1440 g/mol. The van der Waals surface area contributed by atoms with Crippen LogP contribution in [0.4, 0.5) is 0 Å². The molecule has 0 N–H and O–H groups in total. The third-order valence-electron chi connectivity index (χ3n) is 21.6. The Labute approximate surface area is 652 Å². The van der Waals surface area contributed by atoms with Gasteiger partial charge in [0.15, 0.2) is 34.9 Å². The van der Waals surface area contributed by atoms with Gasteiger partial charge in [-0.3, -0.25) is 0 Å². The highest BCUT2D eigenvalue weighted by atomic mass is 15.1. The summed E-state index contributed by atoms with van der Waals surface area (Å²) >= 11 is 0. The molecule has 0 aliphatic carbocycles. The summed E-state index contributed by atoms with van der Waals surface area (Å²) in [7, 11) is 0. The predicted octanol–water partition coefficient (Wildman–Crippen LogP) is 26.7. The van der Waals surface area contributed by atoms with E-state index >= 15 is 0 Å². The summed E-state index contributed by atoms with van der Waals surface area (Å²) in [6.45, 7) is 17.4. The van der Waals surface area contributed by atoms with Crippen LogP contribution in [0.15, 0.2) is 328 Å². The number of hydrogen-bond acceptors (Lipinski definition) is 6. The largest absolute Gasteiger partial charge is 0.309 e. The molecule has 0 saturated carbocycles. The van der Waals surface area contributed by atoms with E-state index in [1.54, 1.807) is 0 Å². The van der Waals surface area contributed by atoms with Gasteiger partial charge in [0, 0.05) is 66.3 Å². The fourth-order valence-corrected chi connectivity index (χ4v) is 16.8. The van der Waals surface area contributed by atoms with Crippen molar-refractivity contribution in [3.8, 4) is 146 Å². The van der Waals surface area contributed by atoms with Crippen molar-refractivity contribution in [2.24, 2.45) is 0 Å². The Morgan fingerprint density at radius 1 is 0.161 bits per heavy atom. The third kappa shape index (κ3) is 13.0. The van der Waals surface area contributed by atoms with Gasteiger partial charge in [-0.1, -0.05) is 293 Å². The molecule has 8 nitrogen and oxygen atoms in total. The minimum Gasteiger partial charge on any atom is -0.309 e. The molecule has 19 aromatic rings. The van der Waals surface area contributed by atoms with Crippen molar-refractivity contribution in [2.45, 2.75) is 55.4 Å². The van der Waals surface area contributed by atoms with Crippen molar-refractivity contribution in [3.05, 3.63) is 372 Å². The second kappa shape index (κ2) is 28.2. The van der Waals surface area contributed by atoms with Crippen molar-refractivity contribution in [2.75, 3.05) is 0 Å². The van der Waals surface area contributed by atoms with Crippen LogP contribution in [-0.4, -0.2) is 39.0 Å². The van der Waals surface area contributed by atoms with E-state index in [0.29, 0.717) is 34.9 Å². The van der Waals surface area contributed by atoms with E-state index in [2.05, 4.69) is 319 Å². The SMILES string of the molecule is Cc1cc(C)cc(-c2ccc3c(c2)c2cc(-c4cc(C)cc(C)c4)ccc2n3-c2ccc(-c3cccc(-c4ccc(-n5c6ccc(-c7cc(C)cc(C)c7)cc6c6cc(-c7cc(C)cc(C)c7)ccc65)cc4-c4nc(-c5ccccc5)nc(-c5ccccc5)n4)c3)c(-c3nc(-c4ccccc4)nc(-c4ccccc4)n3)c2)c1. The summed E-state index contributed by atoms with van der Waals surface area (Å²) in [5.74, 6) is 3.36. The first-order valence-corrected chi connectivity index (χ1v) is 38.3. The lowest BCUT2D eigenvalue weighted by molar-refractivity contribution is 1.07. The molecule has 15 aromatic carbocycles. The zero-order chi connectivity index (χ0) is 75.8. The molecule has 0 bridgehead atoms. The molecular weight excluding hydrogens is 1360 g/mol. The first-order chi connectivity index (χ1) is 54.7. The molecule has 112 heavy (non-hydrogen) atoms. The average Bonchev–Trinajstić information content (AvgIpc) is 1.58. The molecule has 0 radical (unpaired) electrons. The van der Waals surface area contributed by atoms with E-state index in [4.69, 9.17) is 29.9 Å². The Kier molecular flexibility index (Phi) is 17.2. The lowest BCUT2D eigenvalue weighted by Crippen LogP contribution is -2.03. The Morgan fingerprint density at radius 3 is 0.661 bits per heavy atom. The van der Waals surface area contributed by atoms with Crippen LogP contribution in [0.1, 0.15) is 44.5 Å². The maximum absolute atomic E-state index is 5.53. The first kappa shape index (κ1) is 68.5. The summed E-state index contributed by atoms with van der Waals surface area (Å²) in [5, 5.41) is 4.62. The van der Waals surface area contributed by atoms with E-state index in [9.17, 15) is 0 Å². The minimum absolute atomic E-state index is 0.537. The normalized spacial score (nSPS) is 11.6. The van der Waals surface area contributed by atoms with Crippen LogP contribution >= 0.6 is 0 Å². The number of benzene rings is 15. The van der Waals surface area contributed by atoms with E-state index < -0.39 is 0 Å². The second-order valence-corrected chi connectivity index (χ2v) is 30.2. The van der Waals surface area contributed by atoms with Crippen molar-refractivity contribution in [3.63, 3.8) is 0 Å². The van der Waals surface area contributed by atoms with Crippen LogP contribution in [0.2, 0.25) is 0 Å². The Balaban J connectivity index is 0.844. The highest BCUT2D eigenvalue weighted by Crippen LogP contribution is 2.45. The van der Waals surface area contributed by atoms with Crippen LogP contribution in [0.5, 0.6) is 0 Å². The molecule has 0 aliphatic rings. The predicted molar refractivity (Wildman–Crippen MR) is 465 cm³/mol. The zero-order valence-electron chi connectivity index (χ0n) is 63.8. The summed E-state index contributed by atoms with van der Waals surface area (Å²) in [6.07, 6.45) is 0. The maximum atomic E-state index is 5.53. The highest BCUT2D eigenvalue weighted by molar-refractivity contribution is 6.13. The van der Waals surface area contributed by atoms with Gasteiger partial charge in [-0.05, 0) is 201 Å². The minimum atomic E-state index is 0.537. The fourth-order valence-electron chi connectivity index (χ4n) is 16.8. The molecule has 4 aromatic heterocycles. The number of aromatic nitrogens is 8. The lowest BCUT2D eigenvalue weighted by atomic mass is 9.92. The van der Waals surface area contributed by atoms with E-state index in [1.165, 1.54) is 66.8 Å². The van der Waals surface area contributed by atoms with Crippen LogP contribution < -0.4 is 0 Å². The number of aryl methyl sites for hydroxylation is 8. The molecule has 0 atom stereocenters. The zero-order valence-corrected chi connectivity index (χ0v) is 63.8. The first-order valence-electron chi connectivity index (χ1n) is 38.3. The third-order valence-corrected chi connectivity index (χ3v) is 21.6. The van der Waals surface area contributed by atoms with Crippen molar-refractivity contribution in [1.29, 1.82) is 0 Å². The number of hydrogen-bond donors (Lipinski definition) is 0. The van der Waals surface area contributed by atoms with Gasteiger partial charge >= 0.3 is 0 Å². The molecule has 4 heterocycles. The molecule has 0 amide bonds. The van der Waals surface area contributed by atoms with Gasteiger partial charge in [-0.25, -0.2) is 29.9 Å². The molecule has 0 unspecified atom stereocenters.